The molecule has 5 unspecified atom stereocenters. The predicted octanol–water partition coefficient (Wildman–Crippen LogP) is 4.47. The van der Waals surface area contributed by atoms with Crippen molar-refractivity contribution in [2.24, 2.45) is 11.8 Å². The summed E-state index contributed by atoms with van der Waals surface area (Å²) in [6, 6.07) is 14.4. The lowest BCUT2D eigenvalue weighted by Gasteiger charge is -2.58. The molecule has 3 fully saturated rings. The molecule has 1 aliphatic carbocycles. The van der Waals surface area contributed by atoms with Gasteiger partial charge in [-0.25, -0.2) is 0 Å². The highest BCUT2D eigenvalue weighted by atomic mass is 16.5. The van der Waals surface area contributed by atoms with Gasteiger partial charge in [-0.3, -0.25) is 9.69 Å². The van der Waals surface area contributed by atoms with Gasteiger partial charge in [-0.05, 0) is 54.7 Å². The fourth-order valence-electron chi connectivity index (χ4n) is 7.53. The average molecular weight is 505 g/mol. The van der Waals surface area contributed by atoms with Crippen molar-refractivity contribution in [1.82, 2.24) is 9.88 Å². The Morgan fingerprint density at radius 3 is 2.65 bits per heavy atom. The molecule has 0 spiro atoms. The standard InChI is InChI=1S/C30H36N2O5/c1-34-25-14-23-22-9-11-32-17-20-13-21(10-12-37-18-19-7-5-4-6-8-19)28(32)30(16-20,29(33)36-3)27(22)31-24(23)15-26(25)35-2/h4-8,14-15,20-21,28,31H,9-13,16-18H2,1-3H3. The summed E-state index contributed by atoms with van der Waals surface area (Å²) < 4.78 is 22.9. The Balaban J connectivity index is 1.36. The number of nitrogens with one attached hydrogen (secondary N) is 1. The van der Waals surface area contributed by atoms with Crippen molar-refractivity contribution in [2.75, 3.05) is 41.0 Å². The Morgan fingerprint density at radius 1 is 1.11 bits per heavy atom. The number of methoxy groups -OCH3 is 3. The summed E-state index contributed by atoms with van der Waals surface area (Å²) in [5, 5.41) is 1.10. The monoisotopic (exact) mass is 504 g/mol. The maximum atomic E-state index is 13.8. The second-order valence-electron chi connectivity index (χ2n) is 10.8. The van der Waals surface area contributed by atoms with Crippen molar-refractivity contribution in [2.45, 2.75) is 43.7 Å². The molecule has 7 rings (SSSR count). The normalized spacial score (nSPS) is 28.0. The molecule has 4 aliphatic rings. The Kier molecular flexibility index (Phi) is 6.37. The van der Waals surface area contributed by atoms with Gasteiger partial charge in [0.05, 0.1) is 27.9 Å². The van der Waals surface area contributed by atoms with E-state index in [1.807, 2.05) is 30.3 Å². The Labute approximate surface area is 218 Å². The number of aromatic amines is 1. The molecule has 7 nitrogen and oxygen atoms in total. The molecule has 0 amide bonds. The summed E-state index contributed by atoms with van der Waals surface area (Å²) in [4.78, 5) is 20.1. The van der Waals surface area contributed by atoms with Crippen LogP contribution in [0.15, 0.2) is 42.5 Å². The molecule has 0 radical (unpaired) electrons. The second kappa shape index (κ2) is 9.69. The topological polar surface area (TPSA) is 73.0 Å². The summed E-state index contributed by atoms with van der Waals surface area (Å²) in [6.45, 7) is 3.27. The fourth-order valence-corrected chi connectivity index (χ4v) is 7.53. The van der Waals surface area contributed by atoms with Crippen LogP contribution in [0.5, 0.6) is 11.5 Å². The van der Waals surface area contributed by atoms with Crippen molar-refractivity contribution in [3.63, 3.8) is 0 Å². The lowest BCUT2D eigenvalue weighted by atomic mass is 9.56. The minimum atomic E-state index is -0.717. The van der Waals surface area contributed by atoms with Gasteiger partial charge in [0, 0.05) is 48.4 Å². The van der Waals surface area contributed by atoms with Crippen molar-refractivity contribution >= 4 is 16.9 Å². The summed E-state index contributed by atoms with van der Waals surface area (Å²) >= 11 is 0. The van der Waals surface area contributed by atoms with Gasteiger partial charge < -0.3 is 23.9 Å². The molecule has 4 bridgehead atoms. The third-order valence-electron chi connectivity index (χ3n) is 8.88. The van der Waals surface area contributed by atoms with E-state index in [0.717, 1.165) is 55.4 Å². The summed E-state index contributed by atoms with van der Waals surface area (Å²) in [5.41, 5.74) is 3.67. The third-order valence-corrected chi connectivity index (χ3v) is 8.88. The summed E-state index contributed by atoms with van der Waals surface area (Å²) in [6.07, 6.45) is 3.76. The molecule has 196 valence electrons. The Hall–Kier alpha value is -3.03. The van der Waals surface area contributed by atoms with Crippen LogP contribution in [-0.4, -0.2) is 62.9 Å². The van der Waals surface area contributed by atoms with Crippen molar-refractivity contribution in [3.8, 4) is 11.5 Å². The van der Waals surface area contributed by atoms with Gasteiger partial charge in [0.15, 0.2) is 11.5 Å². The number of nitrogens with zero attached hydrogens (tertiary/aromatic N) is 1. The van der Waals surface area contributed by atoms with E-state index in [4.69, 9.17) is 18.9 Å². The number of carbonyl (C=O) groups excluding carboxylic acids is 1. The van der Waals surface area contributed by atoms with Crippen LogP contribution in [-0.2, 0) is 32.7 Å². The van der Waals surface area contributed by atoms with Gasteiger partial charge >= 0.3 is 5.97 Å². The molecule has 7 heteroatoms. The summed E-state index contributed by atoms with van der Waals surface area (Å²) in [7, 11) is 4.84. The van der Waals surface area contributed by atoms with Crippen molar-refractivity contribution in [1.29, 1.82) is 0 Å². The zero-order chi connectivity index (χ0) is 25.6. The van der Waals surface area contributed by atoms with Crippen LogP contribution in [0.3, 0.4) is 0 Å². The number of fused-ring (bicyclic) bond motifs is 4. The van der Waals surface area contributed by atoms with E-state index >= 15 is 0 Å². The van der Waals surface area contributed by atoms with Crippen LogP contribution < -0.4 is 9.47 Å². The fraction of sp³-hybridized carbons (Fsp3) is 0.500. The van der Waals surface area contributed by atoms with Gasteiger partial charge in [0.25, 0.3) is 0 Å². The number of aromatic nitrogens is 1. The minimum absolute atomic E-state index is 0.0865. The molecule has 2 aromatic carbocycles. The first-order valence-corrected chi connectivity index (χ1v) is 13.3. The van der Waals surface area contributed by atoms with Crippen molar-refractivity contribution < 1.29 is 23.7 Å². The number of benzene rings is 2. The Bertz CT molecular complexity index is 1290. The molecule has 1 N–H and O–H groups in total. The summed E-state index contributed by atoms with van der Waals surface area (Å²) in [5.74, 6) is 2.06. The van der Waals surface area contributed by atoms with Crippen LogP contribution in [0.2, 0.25) is 0 Å². The molecule has 5 atom stereocenters. The highest BCUT2D eigenvalue weighted by molar-refractivity contribution is 5.93. The highest BCUT2D eigenvalue weighted by Crippen LogP contribution is 2.55. The van der Waals surface area contributed by atoms with Gasteiger partial charge in [-0.1, -0.05) is 30.3 Å². The number of hydrogen-bond acceptors (Lipinski definition) is 6. The zero-order valence-electron chi connectivity index (χ0n) is 21.9. The van der Waals surface area contributed by atoms with Crippen LogP contribution in [0.4, 0.5) is 0 Å². The van der Waals surface area contributed by atoms with E-state index in [-0.39, 0.29) is 12.0 Å². The molecule has 4 heterocycles. The molecular weight excluding hydrogens is 468 g/mol. The predicted molar refractivity (Wildman–Crippen MR) is 141 cm³/mol. The van der Waals surface area contributed by atoms with Gasteiger partial charge in [0.2, 0.25) is 0 Å². The quantitative estimate of drug-likeness (QED) is 0.361. The molecule has 3 aliphatic heterocycles. The van der Waals surface area contributed by atoms with Gasteiger partial charge in [-0.15, -0.1) is 0 Å². The highest BCUT2D eigenvalue weighted by Gasteiger charge is 2.62. The van der Waals surface area contributed by atoms with Crippen LogP contribution in [0.1, 0.15) is 36.1 Å². The Morgan fingerprint density at radius 2 is 1.89 bits per heavy atom. The number of rotatable bonds is 8. The van der Waals surface area contributed by atoms with Gasteiger partial charge in [-0.2, -0.15) is 0 Å². The van der Waals surface area contributed by atoms with Crippen LogP contribution >= 0.6 is 0 Å². The molecular formula is C30H36N2O5. The third kappa shape index (κ3) is 3.91. The molecule has 1 saturated carbocycles. The average Bonchev–Trinajstić information content (AvgIpc) is 3.26. The lowest BCUT2D eigenvalue weighted by molar-refractivity contribution is -0.163. The van der Waals surface area contributed by atoms with Gasteiger partial charge in [0.1, 0.15) is 5.41 Å². The smallest absolute Gasteiger partial charge is 0.319 e. The first kappa shape index (κ1) is 24.3. The first-order valence-electron chi connectivity index (χ1n) is 13.3. The maximum absolute atomic E-state index is 13.8. The molecule has 2 saturated heterocycles. The number of piperidine rings is 2. The van der Waals surface area contributed by atoms with Crippen LogP contribution in [0, 0.1) is 11.8 Å². The second-order valence-corrected chi connectivity index (χ2v) is 10.8. The number of H-pyrrole nitrogens is 1. The van der Waals surface area contributed by atoms with E-state index in [1.165, 1.54) is 18.2 Å². The van der Waals surface area contributed by atoms with E-state index in [9.17, 15) is 4.79 Å². The molecule has 3 aromatic rings. The maximum Gasteiger partial charge on any atom is 0.319 e. The van der Waals surface area contributed by atoms with Crippen molar-refractivity contribution in [3.05, 3.63) is 59.3 Å². The van der Waals surface area contributed by atoms with E-state index in [0.29, 0.717) is 36.5 Å². The van der Waals surface area contributed by atoms with E-state index in [1.54, 1.807) is 14.2 Å². The van der Waals surface area contributed by atoms with Crippen LogP contribution in [0.25, 0.3) is 10.9 Å². The number of hydrogen-bond donors (Lipinski definition) is 1. The SMILES string of the molecule is COC(=O)C12CC3CC(CCOCc4ccccc4)C1N(CCc1c2[nH]c2cc(OC)c(OC)cc12)C3. The largest absolute Gasteiger partial charge is 0.493 e. The van der Waals surface area contributed by atoms with E-state index < -0.39 is 5.41 Å². The number of ether oxygens (including phenoxy) is 4. The first-order chi connectivity index (χ1) is 18.1. The molecule has 1 aromatic heterocycles. The minimum Gasteiger partial charge on any atom is -0.493 e. The number of esters is 1. The zero-order valence-corrected chi connectivity index (χ0v) is 21.9. The lowest BCUT2D eigenvalue weighted by Crippen LogP contribution is -2.67. The van der Waals surface area contributed by atoms with E-state index in [2.05, 4.69) is 22.0 Å². The molecule has 37 heavy (non-hydrogen) atoms. The number of carbonyl (C=O) groups is 1.